The zero-order valence-electron chi connectivity index (χ0n) is 52.6. The predicted molar refractivity (Wildman–Crippen MR) is 351 cm³/mol. The molecule has 474 valence electrons. The maximum atomic E-state index is 14.0. The summed E-state index contributed by atoms with van der Waals surface area (Å²) >= 11 is 0. The molecule has 8 aromatic rings. The number of hydrogen-bond donors (Lipinski definition) is 0. The first-order valence-electron chi connectivity index (χ1n) is 32.0. The van der Waals surface area contributed by atoms with Crippen molar-refractivity contribution in [2.45, 2.75) is 142 Å². The number of benzene rings is 6. The predicted octanol–water partition coefficient (Wildman–Crippen LogP) is 15.1. The van der Waals surface area contributed by atoms with Gasteiger partial charge >= 0.3 is 17.9 Å². The lowest BCUT2D eigenvalue weighted by molar-refractivity contribution is -0.141. The third-order valence-corrected chi connectivity index (χ3v) is 17.6. The standard InChI is InChI=1S/C74H80N4O13/c1-48(79)91-76-64(43-50-18-12-13-19-50)74(85)56-29-37-68-62(47-56)60-45-54(27-35-66(60)78(68)39-15-41-87-3)72(83)52-24-32-58(33-25-52)90-70(81)21-9-7-5-6-8-20-69(80)89-57-30-22-51(23-31-57)71(82)53-26-34-65-59(44-53)61-46-55(28-36-67(61)77(65)38-14-40-86-2)73(84)63(75-88-4)42-49-16-10-11-17-49/h22-37,44-47,49-50H,5-21,38-43H2,1-4H3/b75-63+,76-64+. The number of unbranched alkanes of at least 4 members (excludes halogenated alkanes) is 4. The molecule has 0 atom stereocenters. The highest BCUT2D eigenvalue weighted by Gasteiger charge is 2.27. The molecule has 17 heteroatoms. The Bertz CT molecular complexity index is 4030. The number of fused-ring (bicyclic) bond motifs is 6. The zero-order valence-corrected chi connectivity index (χ0v) is 52.6. The minimum atomic E-state index is -0.595. The Balaban J connectivity index is 0.686. The van der Waals surface area contributed by atoms with Crippen LogP contribution in [0.15, 0.2) is 132 Å². The molecule has 6 aromatic carbocycles. The molecule has 17 nitrogen and oxygen atoms in total. The van der Waals surface area contributed by atoms with Gasteiger partial charge in [0.25, 0.3) is 0 Å². The van der Waals surface area contributed by atoms with Gasteiger partial charge in [0.05, 0.1) is 0 Å². The van der Waals surface area contributed by atoms with E-state index in [1.807, 2.05) is 60.7 Å². The maximum Gasteiger partial charge on any atom is 0.331 e. The molecule has 0 aliphatic heterocycles. The number of nitrogens with zero attached hydrogens (tertiary/aromatic N) is 4. The van der Waals surface area contributed by atoms with E-state index in [1.54, 1.807) is 74.9 Å². The van der Waals surface area contributed by atoms with Gasteiger partial charge < -0.3 is 37.8 Å². The minimum absolute atomic E-state index is 0.163. The fraction of sp³-hybridized carbons (Fsp3) is 0.392. The van der Waals surface area contributed by atoms with Crippen LogP contribution in [0.5, 0.6) is 11.5 Å². The Morgan fingerprint density at radius 3 is 1.15 bits per heavy atom. The molecule has 0 radical (unpaired) electrons. The molecular weight excluding hydrogens is 1150 g/mol. The third kappa shape index (κ3) is 16.2. The highest BCUT2D eigenvalue weighted by Crippen LogP contribution is 2.36. The van der Waals surface area contributed by atoms with Crippen LogP contribution in [0.4, 0.5) is 0 Å². The number of methoxy groups -OCH3 is 2. The van der Waals surface area contributed by atoms with Crippen LogP contribution in [-0.4, -0.2) is 96.1 Å². The number of rotatable bonds is 32. The number of aromatic nitrogens is 2. The van der Waals surface area contributed by atoms with Gasteiger partial charge in [-0.05, 0) is 172 Å². The molecule has 91 heavy (non-hydrogen) atoms. The second-order valence-corrected chi connectivity index (χ2v) is 24.1. The fourth-order valence-electron chi connectivity index (χ4n) is 13.0. The number of ketones is 4. The van der Waals surface area contributed by atoms with E-state index in [4.69, 9.17) is 28.6 Å². The van der Waals surface area contributed by atoms with Crippen molar-refractivity contribution in [3.8, 4) is 11.5 Å². The summed E-state index contributed by atoms with van der Waals surface area (Å²) in [5.41, 5.74) is 7.03. The van der Waals surface area contributed by atoms with E-state index in [1.165, 1.54) is 14.0 Å². The molecule has 0 N–H and O–H groups in total. The van der Waals surface area contributed by atoms with Crippen molar-refractivity contribution >= 4 is 96.1 Å². The topological polar surface area (TPSA) is 209 Å². The van der Waals surface area contributed by atoms with Crippen molar-refractivity contribution in [2.24, 2.45) is 22.1 Å². The molecular formula is C74H80N4O13. The lowest BCUT2D eigenvalue weighted by Crippen LogP contribution is -2.19. The van der Waals surface area contributed by atoms with Gasteiger partial charge in [-0.25, -0.2) is 4.79 Å². The molecule has 0 amide bonds. The van der Waals surface area contributed by atoms with Crippen LogP contribution in [0, 0.1) is 11.8 Å². The van der Waals surface area contributed by atoms with Crippen LogP contribution in [-0.2, 0) is 46.6 Å². The molecule has 2 heterocycles. The number of oxime groups is 2. The third-order valence-electron chi connectivity index (χ3n) is 17.6. The number of esters is 2. The number of carbonyl (C=O) groups excluding carboxylic acids is 7. The number of carbonyl (C=O) groups is 7. The van der Waals surface area contributed by atoms with Crippen LogP contribution in [0.1, 0.15) is 181 Å². The lowest BCUT2D eigenvalue weighted by atomic mass is 9.95. The summed E-state index contributed by atoms with van der Waals surface area (Å²) in [6.45, 7) is 3.73. The normalized spacial score (nSPS) is 14.0. The van der Waals surface area contributed by atoms with Gasteiger partial charge in [0.15, 0.2) is 11.6 Å². The maximum absolute atomic E-state index is 14.0. The Kier molecular flexibility index (Phi) is 22.3. The Morgan fingerprint density at radius 1 is 0.429 bits per heavy atom. The average molecular weight is 1230 g/mol. The Labute approximate surface area is 530 Å². The molecule has 0 unspecified atom stereocenters. The highest BCUT2D eigenvalue weighted by atomic mass is 16.7. The quantitative estimate of drug-likeness (QED) is 0.00732. The molecule has 2 fully saturated rings. The van der Waals surface area contributed by atoms with E-state index in [9.17, 15) is 33.6 Å². The second kappa shape index (κ2) is 31.2. The van der Waals surface area contributed by atoms with E-state index in [2.05, 4.69) is 19.4 Å². The lowest BCUT2D eigenvalue weighted by Gasteiger charge is -2.11. The van der Waals surface area contributed by atoms with Gasteiger partial charge in [-0.15, -0.1) is 0 Å². The number of ether oxygens (including phenoxy) is 4. The fourth-order valence-corrected chi connectivity index (χ4v) is 13.0. The van der Waals surface area contributed by atoms with Crippen LogP contribution in [0.2, 0.25) is 0 Å². The smallest absolute Gasteiger partial charge is 0.331 e. The van der Waals surface area contributed by atoms with Gasteiger partial charge in [0.2, 0.25) is 11.6 Å². The van der Waals surface area contributed by atoms with Gasteiger partial charge in [-0.3, -0.25) is 28.8 Å². The first-order chi connectivity index (χ1) is 44.3. The molecule has 2 aromatic heterocycles. The molecule has 0 bridgehead atoms. The summed E-state index contributed by atoms with van der Waals surface area (Å²) < 4.78 is 26.4. The summed E-state index contributed by atoms with van der Waals surface area (Å²) in [5, 5.41) is 11.5. The minimum Gasteiger partial charge on any atom is -0.427 e. The Morgan fingerprint density at radius 2 is 0.780 bits per heavy atom. The van der Waals surface area contributed by atoms with Crippen molar-refractivity contribution in [1.82, 2.24) is 9.13 Å². The van der Waals surface area contributed by atoms with Crippen LogP contribution >= 0.6 is 0 Å². The van der Waals surface area contributed by atoms with Crippen molar-refractivity contribution in [2.75, 3.05) is 34.5 Å². The summed E-state index contributed by atoms with van der Waals surface area (Å²) in [6, 6.07) is 35.5. The van der Waals surface area contributed by atoms with Crippen LogP contribution in [0.3, 0.4) is 0 Å². The molecule has 2 saturated carbocycles. The van der Waals surface area contributed by atoms with Crippen molar-refractivity contribution in [3.05, 3.63) is 155 Å². The van der Waals surface area contributed by atoms with Crippen molar-refractivity contribution < 1.29 is 62.2 Å². The average Bonchev–Trinajstić information content (AvgIpc) is 1.62. The van der Waals surface area contributed by atoms with E-state index in [0.29, 0.717) is 114 Å². The molecule has 0 spiro atoms. The van der Waals surface area contributed by atoms with Gasteiger partial charge in [-0.1, -0.05) is 80.9 Å². The van der Waals surface area contributed by atoms with Gasteiger partial charge in [-0.2, -0.15) is 0 Å². The van der Waals surface area contributed by atoms with Gasteiger partial charge in [0.1, 0.15) is 30.0 Å². The number of Topliss-reactive ketones (excluding diaryl/α,β-unsaturated/α-hetero) is 2. The van der Waals surface area contributed by atoms with E-state index >= 15 is 0 Å². The van der Waals surface area contributed by atoms with Crippen LogP contribution < -0.4 is 9.47 Å². The van der Waals surface area contributed by atoms with E-state index in [-0.39, 0.29) is 53.6 Å². The highest BCUT2D eigenvalue weighted by molar-refractivity contribution is 6.47. The van der Waals surface area contributed by atoms with E-state index in [0.717, 1.165) is 127 Å². The summed E-state index contributed by atoms with van der Waals surface area (Å²) in [6.07, 6.45) is 15.1. The van der Waals surface area contributed by atoms with Crippen molar-refractivity contribution in [3.63, 3.8) is 0 Å². The number of hydrogen-bond acceptors (Lipinski definition) is 15. The van der Waals surface area contributed by atoms with Crippen molar-refractivity contribution in [1.29, 1.82) is 0 Å². The zero-order chi connectivity index (χ0) is 63.8. The largest absolute Gasteiger partial charge is 0.427 e. The molecule has 0 saturated heterocycles. The second-order valence-electron chi connectivity index (χ2n) is 24.1. The molecule has 10 rings (SSSR count). The van der Waals surface area contributed by atoms with Crippen LogP contribution in [0.25, 0.3) is 43.6 Å². The summed E-state index contributed by atoms with van der Waals surface area (Å²) in [7, 11) is 4.81. The monoisotopic (exact) mass is 1230 g/mol. The summed E-state index contributed by atoms with van der Waals surface area (Å²) in [5.74, 6) is -0.874. The number of aryl methyl sites for hydroxylation is 2. The van der Waals surface area contributed by atoms with Gasteiger partial charge in [0, 0.05) is 137 Å². The molecule has 2 aliphatic rings. The molecule has 2 aliphatic carbocycles. The SMILES string of the molecule is COCCCn1c2ccc(C(=O)/C(CC3CCCC3)=N/OC)cc2c2cc(C(=O)c3ccc(OC(=O)CCCCCCCC(=O)Oc4ccc(C(=O)c5ccc6c(c5)c5cc(C(=O)/C(CC7CCCC7)=N/OC(C)=O)ccc5n6CCCOC)cc4)cc3)ccc21. The first kappa shape index (κ1) is 65.0. The van der Waals surface area contributed by atoms with E-state index < -0.39 is 5.97 Å². The Hall–Kier alpha value is -8.93. The summed E-state index contributed by atoms with van der Waals surface area (Å²) in [4.78, 5) is 104. The first-order valence-corrected chi connectivity index (χ1v) is 32.0.